The first-order valence-corrected chi connectivity index (χ1v) is 3.52. The Kier molecular flexibility index (Phi) is 7.59. The van der Waals surface area contributed by atoms with Gasteiger partial charge in [-0.25, -0.2) is 13.2 Å². The number of hydrogen-bond acceptors (Lipinski definition) is 0. The zero-order valence-corrected chi connectivity index (χ0v) is 7.55. The molecule has 0 amide bonds. The average Bonchev–Trinajstić information content (AvgIpc) is 2.05. The maximum atomic E-state index is 12.3. The predicted molar refractivity (Wildman–Crippen MR) is 45.7 cm³/mol. The van der Waals surface area contributed by atoms with Gasteiger partial charge in [0.15, 0.2) is 17.5 Å². The monoisotopic (exact) mass is 178 g/mol. The minimum atomic E-state index is -1.58. The highest BCUT2D eigenvalue weighted by molar-refractivity contribution is 5.30. The third kappa shape index (κ3) is 4.77. The lowest BCUT2D eigenvalue weighted by Gasteiger charge is -1.94. The molecule has 0 aliphatic carbocycles. The Morgan fingerprint density at radius 2 is 1.25 bits per heavy atom. The first-order chi connectivity index (χ1) is 5.46. The first-order valence-electron chi connectivity index (χ1n) is 3.52. The average molecular weight is 178 g/mol. The zero-order chi connectivity index (χ0) is 10.3. The molecule has 70 valence electrons. The van der Waals surface area contributed by atoms with E-state index in [9.17, 15) is 13.2 Å². The summed E-state index contributed by atoms with van der Waals surface area (Å²) in [7, 11) is 0. The van der Waals surface area contributed by atoms with Crippen LogP contribution in [0.15, 0.2) is 36.2 Å². The van der Waals surface area contributed by atoms with Crippen LogP contribution in [0.2, 0.25) is 0 Å². The highest BCUT2D eigenvalue weighted by atomic mass is 19.2. The van der Waals surface area contributed by atoms with Crippen LogP contribution in [0.4, 0.5) is 13.2 Å². The molecule has 0 heterocycles. The molecule has 0 bridgehead atoms. The molecule has 0 atom stereocenters. The van der Waals surface area contributed by atoms with E-state index in [1.165, 1.54) is 6.92 Å². The van der Waals surface area contributed by atoms with Gasteiger partial charge in [-0.15, -0.1) is 0 Å². The van der Waals surface area contributed by atoms with Crippen molar-refractivity contribution in [2.45, 2.75) is 20.8 Å². The van der Waals surface area contributed by atoms with E-state index < -0.39 is 17.5 Å². The van der Waals surface area contributed by atoms with Crippen molar-refractivity contribution < 1.29 is 13.2 Å². The van der Waals surface area contributed by atoms with Crippen molar-refractivity contribution in [2.75, 3.05) is 0 Å². The van der Waals surface area contributed by atoms with E-state index in [2.05, 4.69) is 13.2 Å². The lowest BCUT2D eigenvalue weighted by molar-refractivity contribution is 0.501. The molecule has 0 aliphatic heterocycles. The molecular formula is C9H13F3. The second-order valence-corrected chi connectivity index (χ2v) is 1.81. The summed E-state index contributed by atoms with van der Waals surface area (Å²) in [6.45, 7) is 10.9. The van der Waals surface area contributed by atoms with Gasteiger partial charge < -0.3 is 0 Å². The molecule has 0 rings (SSSR count). The molecule has 0 radical (unpaired) electrons. The van der Waals surface area contributed by atoms with Crippen LogP contribution in [0.1, 0.15) is 20.8 Å². The number of rotatable bonds is 2. The second kappa shape index (κ2) is 6.70. The van der Waals surface area contributed by atoms with E-state index >= 15 is 0 Å². The van der Waals surface area contributed by atoms with Crippen LogP contribution in [0.5, 0.6) is 0 Å². The van der Waals surface area contributed by atoms with Crippen LogP contribution in [-0.2, 0) is 0 Å². The molecular weight excluding hydrogens is 165 g/mol. The Balaban J connectivity index is 0. The van der Waals surface area contributed by atoms with Gasteiger partial charge in [-0.05, 0) is 12.5 Å². The van der Waals surface area contributed by atoms with Crippen molar-refractivity contribution in [1.82, 2.24) is 0 Å². The van der Waals surface area contributed by atoms with Gasteiger partial charge in [-0.1, -0.05) is 27.0 Å². The molecule has 0 nitrogen and oxygen atoms in total. The van der Waals surface area contributed by atoms with Crippen molar-refractivity contribution in [2.24, 2.45) is 0 Å². The summed E-state index contributed by atoms with van der Waals surface area (Å²) in [5.41, 5.74) is -0.156. The minimum absolute atomic E-state index is 0.156. The first kappa shape index (κ1) is 13.6. The van der Waals surface area contributed by atoms with Gasteiger partial charge in [0.25, 0.3) is 0 Å². The fourth-order valence-electron chi connectivity index (χ4n) is 0.306. The molecule has 3 heteroatoms. The Morgan fingerprint density at radius 3 is 1.33 bits per heavy atom. The summed E-state index contributed by atoms with van der Waals surface area (Å²) in [4.78, 5) is 0. The Hall–Kier alpha value is -0.990. The van der Waals surface area contributed by atoms with Gasteiger partial charge >= 0.3 is 0 Å². The molecule has 0 saturated heterocycles. The third-order valence-corrected chi connectivity index (χ3v) is 0.806. The van der Waals surface area contributed by atoms with Gasteiger partial charge in [0.1, 0.15) is 0 Å². The van der Waals surface area contributed by atoms with Gasteiger partial charge in [0, 0.05) is 0 Å². The van der Waals surface area contributed by atoms with E-state index in [0.29, 0.717) is 0 Å². The maximum Gasteiger partial charge on any atom is 0.194 e. The Labute approximate surface area is 71.1 Å². The van der Waals surface area contributed by atoms with Crippen LogP contribution in [-0.4, -0.2) is 0 Å². The zero-order valence-electron chi connectivity index (χ0n) is 7.55. The predicted octanol–water partition coefficient (Wildman–Crippen LogP) is 4.22. The lowest BCUT2D eigenvalue weighted by Crippen LogP contribution is -1.81. The summed E-state index contributed by atoms with van der Waals surface area (Å²) in [6.07, 6.45) is 0. The fourth-order valence-corrected chi connectivity index (χ4v) is 0.306. The number of hydrogen-bond donors (Lipinski definition) is 0. The Morgan fingerprint density at radius 1 is 0.917 bits per heavy atom. The highest BCUT2D eigenvalue weighted by Crippen LogP contribution is 2.21. The van der Waals surface area contributed by atoms with Gasteiger partial charge in [0.05, 0.1) is 0 Å². The van der Waals surface area contributed by atoms with Gasteiger partial charge in [-0.2, -0.15) is 0 Å². The molecule has 0 aromatic heterocycles. The fraction of sp³-hybridized carbons (Fsp3) is 0.333. The van der Waals surface area contributed by atoms with Crippen molar-refractivity contribution in [3.63, 3.8) is 0 Å². The third-order valence-electron chi connectivity index (χ3n) is 0.806. The van der Waals surface area contributed by atoms with Crippen LogP contribution < -0.4 is 0 Å². The molecule has 0 N–H and O–H groups in total. The molecule has 0 aromatic rings. The van der Waals surface area contributed by atoms with Crippen LogP contribution in [0.25, 0.3) is 0 Å². The highest BCUT2D eigenvalue weighted by Gasteiger charge is 2.09. The maximum absolute atomic E-state index is 12.3. The van der Waals surface area contributed by atoms with Crippen molar-refractivity contribution in [3.05, 3.63) is 36.2 Å². The molecule has 0 fully saturated rings. The largest absolute Gasteiger partial charge is 0.204 e. The molecule has 0 unspecified atom stereocenters. The molecule has 0 aromatic carbocycles. The van der Waals surface area contributed by atoms with Crippen molar-refractivity contribution >= 4 is 0 Å². The summed E-state index contributed by atoms with van der Waals surface area (Å²) >= 11 is 0. The smallest absolute Gasteiger partial charge is 0.194 e. The number of halogens is 3. The van der Waals surface area contributed by atoms with Gasteiger partial charge in [-0.3, -0.25) is 0 Å². The van der Waals surface area contributed by atoms with Crippen LogP contribution in [0, 0.1) is 0 Å². The molecule has 0 saturated carbocycles. The Bertz CT molecular complexity index is 180. The molecule has 12 heavy (non-hydrogen) atoms. The van der Waals surface area contributed by atoms with E-state index in [0.717, 1.165) is 0 Å². The summed E-state index contributed by atoms with van der Waals surface area (Å²) in [6, 6.07) is 0. The lowest BCUT2D eigenvalue weighted by atomic mass is 10.3. The molecule has 0 spiro atoms. The SMILES string of the molecule is C=C(C)/C(F)=C(/F)C(=C)F.CC. The topological polar surface area (TPSA) is 0 Å². The minimum Gasteiger partial charge on any atom is -0.204 e. The quantitative estimate of drug-likeness (QED) is 0.555. The van der Waals surface area contributed by atoms with Crippen LogP contribution >= 0.6 is 0 Å². The van der Waals surface area contributed by atoms with Crippen molar-refractivity contribution in [1.29, 1.82) is 0 Å². The normalized spacial score (nSPS) is 10.8. The summed E-state index contributed by atoms with van der Waals surface area (Å²) < 4.78 is 36.2. The van der Waals surface area contributed by atoms with E-state index in [1.54, 1.807) is 0 Å². The summed E-state index contributed by atoms with van der Waals surface area (Å²) in [5, 5.41) is 0. The van der Waals surface area contributed by atoms with E-state index in [4.69, 9.17) is 0 Å². The standard InChI is InChI=1S/C7H7F3.C2H6/c1-4(2)6(9)7(10)5(3)8;1-2/h1,3H2,2H3;1-2H3/b7-6-;. The van der Waals surface area contributed by atoms with Gasteiger partial charge in [0.2, 0.25) is 0 Å². The summed E-state index contributed by atoms with van der Waals surface area (Å²) in [5.74, 6) is -4.28. The van der Waals surface area contributed by atoms with Crippen LogP contribution in [0.3, 0.4) is 0 Å². The van der Waals surface area contributed by atoms with Crippen molar-refractivity contribution in [3.8, 4) is 0 Å². The second-order valence-electron chi connectivity index (χ2n) is 1.81. The molecule has 0 aliphatic rings. The van der Waals surface area contributed by atoms with E-state index in [-0.39, 0.29) is 5.57 Å². The van der Waals surface area contributed by atoms with E-state index in [1.807, 2.05) is 13.8 Å². The number of allylic oxidation sites excluding steroid dienone is 4.